The maximum Gasteiger partial charge on any atom is 0.328 e. The Hall–Kier alpha value is -0.830. The summed E-state index contributed by atoms with van der Waals surface area (Å²) >= 11 is 0. The van der Waals surface area contributed by atoms with Crippen LogP contribution in [0.3, 0.4) is 0 Å². The van der Waals surface area contributed by atoms with E-state index >= 15 is 0 Å². The molecule has 0 spiro atoms. The summed E-state index contributed by atoms with van der Waals surface area (Å²) in [4.78, 5) is 10.4. The van der Waals surface area contributed by atoms with Crippen LogP contribution >= 0.6 is 0 Å². The first kappa shape index (κ1) is 14.2. The summed E-state index contributed by atoms with van der Waals surface area (Å²) in [5, 5.41) is 11.8. The van der Waals surface area contributed by atoms with Crippen LogP contribution in [0.25, 0.3) is 0 Å². The van der Waals surface area contributed by atoms with E-state index in [1.165, 1.54) is 25.3 Å². The first-order valence-corrected chi connectivity index (χ1v) is 5.69. The minimum absolute atomic E-state index is 0.466. The van der Waals surface area contributed by atoms with Crippen molar-refractivity contribution < 1.29 is 9.90 Å². The third kappa shape index (κ3) is 9.47. The third-order valence-electron chi connectivity index (χ3n) is 2.34. The molecule has 0 aromatic carbocycles. The van der Waals surface area contributed by atoms with Crippen LogP contribution in [0.4, 0.5) is 0 Å². The van der Waals surface area contributed by atoms with E-state index in [9.17, 15) is 4.79 Å². The number of carboxylic acid groups (broad SMARTS) is 1. The lowest BCUT2D eigenvalue weighted by molar-refractivity contribution is -0.131. The van der Waals surface area contributed by atoms with Crippen LogP contribution in [0, 0.1) is 0 Å². The molecule has 88 valence electrons. The Labute approximate surface area is 92.6 Å². The topological polar surface area (TPSA) is 49.3 Å². The highest BCUT2D eigenvalue weighted by atomic mass is 16.4. The lowest BCUT2D eigenvalue weighted by Crippen LogP contribution is -2.27. The molecule has 0 aliphatic rings. The number of rotatable bonds is 8. The lowest BCUT2D eigenvalue weighted by atomic mass is 10.1. The Bertz CT molecular complexity index is 212. The van der Waals surface area contributed by atoms with Gasteiger partial charge in [-0.15, -0.1) is 0 Å². The fourth-order valence-corrected chi connectivity index (χ4v) is 1.40. The molecule has 0 bridgehead atoms. The summed E-state index contributed by atoms with van der Waals surface area (Å²) < 4.78 is 0. The normalized spacial score (nSPS) is 13.9. The Morgan fingerprint density at radius 3 is 2.67 bits per heavy atom. The van der Waals surface area contributed by atoms with E-state index in [0.29, 0.717) is 12.6 Å². The smallest absolute Gasteiger partial charge is 0.328 e. The van der Waals surface area contributed by atoms with E-state index in [1.807, 2.05) is 6.92 Å². The molecule has 0 aliphatic carbocycles. The van der Waals surface area contributed by atoms with Gasteiger partial charge in [0.25, 0.3) is 0 Å². The van der Waals surface area contributed by atoms with E-state index in [0.717, 1.165) is 12.0 Å². The second-order valence-electron chi connectivity index (χ2n) is 4.11. The third-order valence-corrected chi connectivity index (χ3v) is 2.34. The predicted octanol–water partition coefficient (Wildman–Crippen LogP) is 2.58. The van der Waals surface area contributed by atoms with Crippen molar-refractivity contribution in [3.63, 3.8) is 0 Å². The summed E-state index contributed by atoms with van der Waals surface area (Å²) in [5.41, 5.74) is 0.866. The lowest BCUT2D eigenvalue weighted by Gasteiger charge is -2.13. The van der Waals surface area contributed by atoms with Gasteiger partial charge >= 0.3 is 5.97 Å². The summed E-state index contributed by atoms with van der Waals surface area (Å²) in [5.74, 6) is -0.868. The van der Waals surface area contributed by atoms with E-state index in [-0.39, 0.29) is 0 Å². The van der Waals surface area contributed by atoms with Gasteiger partial charge in [0.1, 0.15) is 0 Å². The number of aliphatic carboxylic acids is 1. The standard InChI is InChI=1S/C12H23NO2/c1-4-5-6-7-11(3)13-9-10(2)8-12(14)15/h8,11,13H,4-7,9H2,1-3H3,(H,14,15). The van der Waals surface area contributed by atoms with Gasteiger partial charge in [-0.1, -0.05) is 31.8 Å². The number of hydrogen-bond acceptors (Lipinski definition) is 2. The van der Waals surface area contributed by atoms with Gasteiger partial charge in [-0.05, 0) is 20.3 Å². The number of nitrogens with one attached hydrogen (secondary N) is 1. The summed E-state index contributed by atoms with van der Waals surface area (Å²) in [6.07, 6.45) is 6.17. The average Bonchev–Trinajstić information content (AvgIpc) is 2.14. The molecule has 0 heterocycles. The monoisotopic (exact) mass is 213 g/mol. The van der Waals surface area contributed by atoms with Crippen LogP contribution in [0.1, 0.15) is 46.5 Å². The minimum Gasteiger partial charge on any atom is -0.478 e. The average molecular weight is 213 g/mol. The largest absolute Gasteiger partial charge is 0.478 e. The van der Waals surface area contributed by atoms with E-state index < -0.39 is 5.97 Å². The fraction of sp³-hybridized carbons (Fsp3) is 0.750. The maximum absolute atomic E-state index is 10.4. The van der Waals surface area contributed by atoms with Crippen LogP contribution in [-0.2, 0) is 4.79 Å². The van der Waals surface area contributed by atoms with E-state index in [1.54, 1.807) is 0 Å². The van der Waals surface area contributed by atoms with Gasteiger partial charge in [0.05, 0.1) is 0 Å². The molecule has 1 unspecified atom stereocenters. The van der Waals surface area contributed by atoms with Gasteiger partial charge < -0.3 is 10.4 Å². The Kier molecular flexibility index (Phi) is 8.01. The predicted molar refractivity (Wildman–Crippen MR) is 63.0 cm³/mol. The maximum atomic E-state index is 10.4. The molecule has 2 N–H and O–H groups in total. The zero-order valence-electron chi connectivity index (χ0n) is 10.0. The quantitative estimate of drug-likeness (QED) is 0.481. The van der Waals surface area contributed by atoms with Crippen molar-refractivity contribution in [3.8, 4) is 0 Å². The first-order valence-electron chi connectivity index (χ1n) is 5.69. The molecule has 3 nitrogen and oxygen atoms in total. The Morgan fingerprint density at radius 1 is 1.47 bits per heavy atom. The van der Waals surface area contributed by atoms with Crippen LogP contribution in [0.2, 0.25) is 0 Å². The van der Waals surface area contributed by atoms with Gasteiger partial charge in [-0.2, -0.15) is 0 Å². The van der Waals surface area contributed by atoms with Crippen molar-refractivity contribution in [2.45, 2.75) is 52.5 Å². The molecule has 1 atom stereocenters. The molecule has 0 radical (unpaired) electrons. The van der Waals surface area contributed by atoms with Crippen LogP contribution in [0.5, 0.6) is 0 Å². The van der Waals surface area contributed by atoms with Crippen molar-refractivity contribution in [3.05, 3.63) is 11.6 Å². The molecule has 0 fully saturated rings. The van der Waals surface area contributed by atoms with Crippen molar-refractivity contribution >= 4 is 5.97 Å². The van der Waals surface area contributed by atoms with Crippen LogP contribution in [0.15, 0.2) is 11.6 Å². The Morgan fingerprint density at radius 2 is 2.13 bits per heavy atom. The van der Waals surface area contributed by atoms with Gasteiger partial charge in [-0.25, -0.2) is 4.79 Å². The van der Waals surface area contributed by atoms with Crippen molar-refractivity contribution in [2.75, 3.05) is 6.54 Å². The molecule has 15 heavy (non-hydrogen) atoms. The van der Waals surface area contributed by atoms with Gasteiger partial charge in [0.2, 0.25) is 0 Å². The zero-order valence-corrected chi connectivity index (χ0v) is 10.0. The van der Waals surface area contributed by atoms with E-state index in [2.05, 4.69) is 19.2 Å². The molecule has 3 heteroatoms. The summed E-state index contributed by atoms with van der Waals surface area (Å²) in [6, 6.07) is 0.466. The molecule has 0 saturated heterocycles. The molecule has 0 aliphatic heterocycles. The molecular formula is C12H23NO2. The van der Waals surface area contributed by atoms with Crippen LogP contribution in [-0.4, -0.2) is 23.7 Å². The first-order chi connectivity index (χ1) is 7.06. The zero-order chi connectivity index (χ0) is 11.7. The second-order valence-corrected chi connectivity index (χ2v) is 4.11. The molecule has 0 saturated carbocycles. The number of carbonyl (C=O) groups is 1. The summed E-state index contributed by atoms with van der Waals surface area (Å²) in [6.45, 7) is 6.83. The molecule has 0 aromatic heterocycles. The molecule has 0 amide bonds. The fourth-order valence-electron chi connectivity index (χ4n) is 1.40. The van der Waals surface area contributed by atoms with Crippen molar-refractivity contribution in [2.24, 2.45) is 0 Å². The van der Waals surface area contributed by atoms with Gasteiger partial charge in [0, 0.05) is 18.7 Å². The highest BCUT2D eigenvalue weighted by Crippen LogP contribution is 2.03. The number of carboxylic acids is 1. The van der Waals surface area contributed by atoms with Crippen LogP contribution < -0.4 is 5.32 Å². The van der Waals surface area contributed by atoms with Gasteiger partial charge in [-0.3, -0.25) is 0 Å². The SMILES string of the molecule is CCCCCC(C)NCC(C)=CC(=O)O. The number of unbranched alkanes of at least 4 members (excludes halogenated alkanes) is 2. The van der Waals surface area contributed by atoms with Crippen molar-refractivity contribution in [1.82, 2.24) is 5.32 Å². The Balaban J connectivity index is 3.61. The molecule has 0 rings (SSSR count). The molecular weight excluding hydrogens is 190 g/mol. The van der Waals surface area contributed by atoms with E-state index in [4.69, 9.17) is 5.11 Å². The second kappa shape index (κ2) is 8.48. The summed E-state index contributed by atoms with van der Waals surface area (Å²) in [7, 11) is 0. The van der Waals surface area contributed by atoms with Crippen molar-refractivity contribution in [1.29, 1.82) is 0 Å². The highest BCUT2D eigenvalue weighted by molar-refractivity contribution is 5.80. The highest BCUT2D eigenvalue weighted by Gasteiger charge is 2.01. The molecule has 0 aromatic rings. The minimum atomic E-state index is -0.868. The number of hydrogen-bond donors (Lipinski definition) is 2. The van der Waals surface area contributed by atoms with Gasteiger partial charge in [0.15, 0.2) is 0 Å².